The molecule has 6 aromatic rings. The van der Waals surface area contributed by atoms with E-state index in [0.29, 0.717) is 5.69 Å². The molecular weight excluding hydrogens is 710 g/mol. The van der Waals surface area contributed by atoms with E-state index in [2.05, 4.69) is 31.6 Å². The first-order valence-corrected chi connectivity index (χ1v) is 15.9. The van der Waals surface area contributed by atoms with Crippen molar-refractivity contribution in [2.75, 3.05) is 0 Å². The van der Waals surface area contributed by atoms with Crippen molar-refractivity contribution in [3.63, 3.8) is 0 Å². The maximum Gasteiger partial charge on any atom is 3.00 e. The third-order valence-corrected chi connectivity index (χ3v) is 8.06. The molecule has 3 aromatic heterocycles. The van der Waals surface area contributed by atoms with Crippen molar-refractivity contribution >= 4 is 41.0 Å². The average Bonchev–Trinajstić information content (AvgIpc) is 3.10. The van der Waals surface area contributed by atoms with E-state index in [1.807, 2.05) is 133 Å². The number of nitrogens with zero attached hydrogens (tertiary/aromatic N) is 4. The van der Waals surface area contributed by atoms with Crippen molar-refractivity contribution in [1.29, 1.82) is 0 Å². The number of hydrogen-bond acceptors (Lipinski definition) is 6. The van der Waals surface area contributed by atoms with E-state index in [4.69, 9.17) is 19.4 Å². The standard InChI is InChI=1S/C15H9N3S3.2C8H5.C7H5N.Ru/c1-4-10-16-11(5-1)20-13-7-3-9-15(18-13)21-14-8-2-6-12(17-14)19-10;2*1-2-8-6-4-3-5-7-8;1-8-7-5-3-2-4-6-7;/h1-9H;2*3-7H;2-6H;/q;2*-1;;+3. The van der Waals surface area contributed by atoms with Crippen LogP contribution in [0, 0.1) is 31.3 Å². The largest absolute Gasteiger partial charge is 3.00 e. The van der Waals surface area contributed by atoms with Gasteiger partial charge >= 0.3 is 19.5 Å². The van der Waals surface area contributed by atoms with Gasteiger partial charge in [0.05, 0.1) is 6.57 Å². The number of benzene rings is 3. The minimum Gasteiger partial charge on any atom is -0.366 e. The van der Waals surface area contributed by atoms with E-state index >= 15 is 0 Å². The Morgan fingerprint density at radius 2 is 0.696 bits per heavy atom. The molecular formula is C38H24N4RuS3+. The molecule has 46 heavy (non-hydrogen) atoms. The fraction of sp³-hybridized carbons (Fsp3) is 0. The van der Waals surface area contributed by atoms with Crippen LogP contribution < -0.4 is 0 Å². The summed E-state index contributed by atoms with van der Waals surface area (Å²) in [7, 11) is 0. The number of rotatable bonds is 0. The van der Waals surface area contributed by atoms with Crippen molar-refractivity contribution in [3.05, 3.63) is 181 Å². The van der Waals surface area contributed by atoms with Gasteiger partial charge in [0, 0.05) is 0 Å². The summed E-state index contributed by atoms with van der Waals surface area (Å²) in [6.45, 7) is 6.57. The minimum absolute atomic E-state index is 0. The van der Waals surface area contributed by atoms with Crippen LogP contribution in [-0.4, -0.2) is 15.0 Å². The van der Waals surface area contributed by atoms with E-state index < -0.39 is 0 Å². The molecule has 8 heteroatoms. The Bertz CT molecular complexity index is 1640. The molecule has 3 aromatic carbocycles. The van der Waals surface area contributed by atoms with Crippen LogP contribution in [-0.2, 0) is 19.5 Å². The fourth-order valence-corrected chi connectivity index (χ4v) is 5.96. The van der Waals surface area contributed by atoms with Gasteiger partial charge in [0.2, 0.25) is 0 Å². The third kappa shape index (κ3) is 12.8. The van der Waals surface area contributed by atoms with Crippen LogP contribution in [0.1, 0.15) is 11.1 Å². The van der Waals surface area contributed by atoms with E-state index in [9.17, 15) is 0 Å². The molecule has 0 aliphatic carbocycles. The molecule has 221 valence electrons. The first-order chi connectivity index (χ1) is 22.1. The molecule has 0 saturated carbocycles. The van der Waals surface area contributed by atoms with Gasteiger partial charge in [-0.3, -0.25) is 11.8 Å². The summed E-state index contributed by atoms with van der Waals surface area (Å²) in [5.41, 5.74) is 2.35. The summed E-state index contributed by atoms with van der Waals surface area (Å²) in [4.78, 5) is 17.2. The minimum atomic E-state index is 0. The average molecular weight is 734 g/mol. The van der Waals surface area contributed by atoms with Gasteiger partial charge in [-0.2, -0.15) is 0 Å². The Kier molecular flexibility index (Phi) is 15.9. The topological polar surface area (TPSA) is 43.0 Å². The molecule has 1 aliphatic rings. The molecule has 1 radical (unpaired) electrons. The van der Waals surface area contributed by atoms with Gasteiger partial charge in [-0.05, 0) is 36.4 Å². The van der Waals surface area contributed by atoms with E-state index in [1.54, 1.807) is 47.4 Å². The molecule has 0 unspecified atom stereocenters. The number of pyridine rings is 3. The maximum atomic E-state index is 6.69. The zero-order chi connectivity index (χ0) is 31.5. The summed E-state index contributed by atoms with van der Waals surface area (Å²) in [6.07, 6.45) is 13.4. The summed E-state index contributed by atoms with van der Waals surface area (Å²) >= 11 is 4.75. The molecule has 1 aliphatic heterocycles. The summed E-state index contributed by atoms with van der Waals surface area (Å²) in [6, 6.07) is 46.0. The van der Waals surface area contributed by atoms with Crippen LogP contribution in [0.2, 0.25) is 0 Å². The molecule has 7 rings (SSSR count). The predicted octanol–water partition coefficient (Wildman–Crippen LogP) is 10.1. The van der Waals surface area contributed by atoms with E-state index in [1.165, 1.54) is 0 Å². The Balaban J connectivity index is 0.000000191. The van der Waals surface area contributed by atoms with Crippen LogP contribution in [0.25, 0.3) is 4.85 Å². The van der Waals surface area contributed by atoms with Crippen LogP contribution in [0.3, 0.4) is 0 Å². The molecule has 4 heterocycles. The molecule has 0 spiro atoms. The number of para-hydroxylation sites is 1. The SMILES string of the molecule is [C-]#Cc1ccccc1.[C-]#Cc1ccccc1.[C-]#[N+]c1ccccc1.[Ru+3].c1cc2nc(c1)Sc1cccc(n1)Sc1cccc(n1)S2. The van der Waals surface area contributed by atoms with Gasteiger partial charge in [0.25, 0.3) is 0 Å². The molecule has 0 N–H and O–H groups in total. The van der Waals surface area contributed by atoms with Crippen molar-refractivity contribution in [1.82, 2.24) is 15.0 Å². The molecule has 0 fully saturated rings. The van der Waals surface area contributed by atoms with Gasteiger partial charge in [-0.15, -0.1) is 35.4 Å². The molecule has 0 atom stereocenters. The van der Waals surface area contributed by atoms with Crippen molar-refractivity contribution in [3.8, 4) is 11.8 Å². The van der Waals surface area contributed by atoms with Crippen LogP contribution in [0.4, 0.5) is 5.69 Å². The Hall–Kier alpha value is -4.61. The van der Waals surface area contributed by atoms with Gasteiger partial charge in [-0.25, -0.2) is 19.8 Å². The number of hydrogen-bond donors (Lipinski definition) is 0. The molecule has 0 amide bonds. The second-order valence-electron chi connectivity index (χ2n) is 8.68. The fourth-order valence-electron chi connectivity index (χ4n) is 3.40. The number of fused-ring (bicyclic) bond motifs is 6. The zero-order valence-electron chi connectivity index (χ0n) is 24.2. The first kappa shape index (κ1) is 35.9. The quantitative estimate of drug-likeness (QED) is 0.0879. The number of aromatic nitrogens is 3. The van der Waals surface area contributed by atoms with Crippen molar-refractivity contribution in [2.45, 2.75) is 30.2 Å². The molecule has 4 nitrogen and oxygen atoms in total. The smallest absolute Gasteiger partial charge is 0.366 e. The molecule has 0 saturated heterocycles. The van der Waals surface area contributed by atoms with Crippen LogP contribution in [0.15, 0.2) is 176 Å². The van der Waals surface area contributed by atoms with Gasteiger partial charge in [-0.1, -0.05) is 120 Å². The van der Waals surface area contributed by atoms with E-state index in [-0.39, 0.29) is 19.5 Å². The summed E-state index contributed by atoms with van der Waals surface area (Å²) in [5, 5.41) is 5.70. The van der Waals surface area contributed by atoms with Crippen molar-refractivity contribution in [2.24, 2.45) is 0 Å². The Morgan fingerprint density at radius 1 is 0.413 bits per heavy atom. The first-order valence-electron chi connectivity index (χ1n) is 13.5. The van der Waals surface area contributed by atoms with Crippen LogP contribution >= 0.6 is 35.3 Å². The molecule has 6 bridgehead atoms. The summed E-state index contributed by atoms with van der Waals surface area (Å²) < 4.78 is 0. The second kappa shape index (κ2) is 20.4. The van der Waals surface area contributed by atoms with Gasteiger partial charge < -0.3 is 12.8 Å². The van der Waals surface area contributed by atoms with E-state index in [0.717, 1.165) is 41.3 Å². The summed E-state index contributed by atoms with van der Waals surface area (Å²) in [5.74, 6) is 4.55. The second-order valence-corrected chi connectivity index (χ2v) is 11.8. The maximum absolute atomic E-state index is 6.69. The third-order valence-electron chi connectivity index (χ3n) is 5.44. The van der Waals surface area contributed by atoms with Gasteiger partial charge in [0.15, 0.2) is 5.69 Å². The normalized spacial score (nSPS) is 10.1. The zero-order valence-corrected chi connectivity index (χ0v) is 28.4. The predicted molar refractivity (Wildman–Crippen MR) is 183 cm³/mol. The van der Waals surface area contributed by atoms with Gasteiger partial charge in [0.1, 0.15) is 30.2 Å². The monoisotopic (exact) mass is 734 g/mol. The Morgan fingerprint density at radius 3 is 0.913 bits per heavy atom. The van der Waals surface area contributed by atoms with Crippen molar-refractivity contribution < 1.29 is 19.5 Å². The Labute approximate surface area is 296 Å². The van der Waals surface area contributed by atoms with Crippen LogP contribution in [0.5, 0.6) is 0 Å².